The Hall–Kier alpha value is -1.17. The van der Waals surface area contributed by atoms with Gasteiger partial charge < -0.3 is 0 Å². The second-order valence-electron chi connectivity index (χ2n) is 5.45. The molecule has 2 aliphatic heterocycles. The van der Waals surface area contributed by atoms with Crippen LogP contribution in [-0.2, 0) is 10.0 Å². The zero-order valence-corrected chi connectivity index (χ0v) is 12.3. The molecule has 108 valence electrons. The molecule has 2 saturated heterocycles. The van der Waals surface area contributed by atoms with Gasteiger partial charge in [0.05, 0.1) is 0 Å². The number of nitrogens with zero attached hydrogens (tertiary/aromatic N) is 2. The summed E-state index contributed by atoms with van der Waals surface area (Å²) < 4.78 is 26.4. The lowest BCUT2D eigenvalue weighted by Gasteiger charge is -2.36. The fourth-order valence-electron chi connectivity index (χ4n) is 3.01. The molecule has 0 radical (unpaired) electrons. The maximum Gasteiger partial charge on any atom is 0.236 e. The van der Waals surface area contributed by atoms with Crippen molar-refractivity contribution < 1.29 is 8.42 Å². The van der Waals surface area contributed by atoms with Crippen LogP contribution >= 0.6 is 0 Å². The van der Waals surface area contributed by atoms with Gasteiger partial charge in [-0.1, -0.05) is 30.3 Å². The molecule has 4 nitrogen and oxygen atoms in total. The van der Waals surface area contributed by atoms with Crippen LogP contribution in [0.5, 0.6) is 0 Å². The van der Waals surface area contributed by atoms with E-state index in [-0.39, 0.29) is 0 Å². The van der Waals surface area contributed by atoms with E-state index in [1.165, 1.54) is 11.8 Å². The number of piperazine rings is 1. The van der Waals surface area contributed by atoms with E-state index in [1.807, 2.05) is 30.3 Å². The van der Waals surface area contributed by atoms with E-state index < -0.39 is 10.0 Å². The largest absolute Gasteiger partial charge is 0.298 e. The molecule has 0 bridgehead atoms. The maximum atomic E-state index is 12.4. The van der Waals surface area contributed by atoms with E-state index in [0.29, 0.717) is 19.1 Å². The summed E-state index contributed by atoms with van der Waals surface area (Å²) in [4.78, 5) is 2.41. The molecule has 0 aliphatic carbocycles. The fourth-order valence-corrected chi connectivity index (χ4v) is 4.23. The molecule has 0 saturated carbocycles. The first-order valence-corrected chi connectivity index (χ1v) is 8.63. The van der Waals surface area contributed by atoms with Crippen LogP contribution in [0.1, 0.15) is 18.4 Å². The van der Waals surface area contributed by atoms with Crippen molar-refractivity contribution >= 4 is 16.1 Å². The first-order chi connectivity index (χ1) is 9.65. The molecule has 1 aromatic carbocycles. The summed E-state index contributed by atoms with van der Waals surface area (Å²) >= 11 is 0. The lowest BCUT2D eigenvalue weighted by Crippen LogP contribution is -2.51. The molecular formula is C15H20N2O2S. The van der Waals surface area contributed by atoms with Crippen molar-refractivity contribution in [3.63, 3.8) is 0 Å². The van der Waals surface area contributed by atoms with E-state index in [0.717, 1.165) is 25.1 Å². The summed E-state index contributed by atoms with van der Waals surface area (Å²) in [6, 6.07) is 9.96. The van der Waals surface area contributed by atoms with Crippen LogP contribution < -0.4 is 0 Å². The first-order valence-electron chi connectivity index (χ1n) is 7.12. The number of fused-ring (bicyclic) bond motifs is 1. The van der Waals surface area contributed by atoms with Gasteiger partial charge >= 0.3 is 0 Å². The zero-order valence-electron chi connectivity index (χ0n) is 11.5. The summed E-state index contributed by atoms with van der Waals surface area (Å²) in [6.07, 6.45) is 3.99. The molecule has 0 amide bonds. The highest BCUT2D eigenvalue weighted by Gasteiger charge is 2.34. The van der Waals surface area contributed by atoms with Gasteiger partial charge in [-0.25, -0.2) is 8.42 Å². The number of sulfonamides is 1. The van der Waals surface area contributed by atoms with Crippen LogP contribution in [0.2, 0.25) is 0 Å². The predicted molar refractivity (Wildman–Crippen MR) is 80.6 cm³/mol. The Morgan fingerprint density at radius 2 is 1.90 bits per heavy atom. The minimum Gasteiger partial charge on any atom is -0.298 e. The van der Waals surface area contributed by atoms with Gasteiger partial charge in [-0.15, -0.1) is 0 Å². The van der Waals surface area contributed by atoms with Gasteiger partial charge in [0.2, 0.25) is 10.0 Å². The van der Waals surface area contributed by atoms with Crippen molar-refractivity contribution in [1.29, 1.82) is 0 Å². The zero-order chi connectivity index (χ0) is 14.0. The van der Waals surface area contributed by atoms with Gasteiger partial charge in [-0.3, -0.25) is 4.90 Å². The number of benzene rings is 1. The van der Waals surface area contributed by atoms with Crippen LogP contribution in [0.15, 0.2) is 35.7 Å². The first kappa shape index (κ1) is 13.8. The summed E-state index contributed by atoms with van der Waals surface area (Å²) in [5.74, 6) is 0. The number of hydrogen-bond donors (Lipinski definition) is 0. The SMILES string of the molecule is O=S(=O)(/C=C/c1ccccc1)N1CCN2CCC[C@@H]2C1. The standard InChI is InChI=1S/C15H20N2O2S/c18-20(19,12-8-14-5-2-1-3-6-14)17-11-10-16-9-4-7-15(16)13-17/h1-3,5-6,8,12,15H,4,7,9-11,13H2/b12-8+/t15-/m1/s1. The smallest absolute Gasteiger partial charge is 0.236 e. The van der Waals surface area contributed by atoms with Gasteiger partial charge in [-0.2, -0.15) is 4.31 Å². The Bertz CT molecular complexity index is 583. The Kier molecular flexibility index (Phi) is 3.92. The highest BCUT2D eigenvalue weighted by Crippen LogP contribution is 2.23. The molecule has 2 aliphatic rings. The number of rotatable bonds is 3. The van der Waals surface area contributed by atoms with Gasteiger partial charge in [0.25, 0.3) is 0 Å². The summed E-state index contributed by atoms with van der Waals surface area (Å²) in [6.45, 7) is 3.24. The molecule has 0 N–H and O–H groups in total. The van der Waals surface area contributed by atoms with E-state index in [1.54, 1.807) is 10.4 Å². The molecule has 20 heavy (non-hydrogen) atoms. The van der Waals surface area contributed by atoms with Crippen LogP contribution in [0.3, 0.4) is 0 Å². The third-order valence-corrected chi connectivity index (χ3v) is 5.67. The van der Waals surface area contributed by atoms with E-state index >= 15 is 0 Å². The Labute approximate surface area is 120 Å². The van der Waals surface area contributed by atoms with Gasteiger partial charge in [0.15, 0.2) is 0 Å². The molecule has 2 heterocycles. The van der Waals surface area contributed by atoms with Crippen LogP contribution in [0.4, 0.5) is 0 Å². The monoisotopic (exact) mass is 292 g/mol. The molecule has 0 spiro atoms. The molecular weight excluding hydrogens is 272 g/mol. The van der Waals surface area contributed by atoms with Crippen LogP contribution in [-0.4, -0.2) is 49.8 Å². The van der Waals surface area contributed by atoms with E-state index in [2.05, 4.69) is 4.90 Å². The van der Waals surface area contributed by atoms with E-state index in [9.17, 15) is 8.42 Å². The van der Waals surface area contributed by atoms with Crippen LogP contribution in [0.25, 0.3) is 6.08 Å². The second-order valence-corrected chi connectivity index (χ2v) is 7.27. The molecule has 1 aromatic rings. The number of hydrogen-bond acceptors (Lipinski definition) is 3. The molecule has 0 unspecified atom stereocenters. The van der Waals surface area contributed by atoms with Crippen molar-refractivity contribution in [2.45, 2.75) is 18.9 Å². The highest BCUT2D eigenvalue weighted by molar-refractivity contribution is 7.92. The van der Waals surface area contributed by atoms with Crippen molar-refractivity contribution in [3.05, 3.63) is 41.3 Å². The van der Waals surface area contributed by atoms with Gasteiger partial charge in [0.1, 0.15) is 0 Å². The second kappa shape index (κ2) is 5.68. The quantitative estimate of drug-likeness (QED) is 0.852. The normalized spacial score (nSPS) is 25.1. The van der Waals surface area contributed by atoms with Crippen molar-refractivity contribution in [1.82, 2.24) is 9.21 Å². The van der Waals surface area contributed by atoms with Crippen molar-refractivity contribution in [2.24, 2.45) is 0 Å². The predicted octanol–water partition coefficient (Wildman–Crippen LogP) is 1.77. The molecule has 0 aromatic heterocycles. The van der Waals surface area contributed by atoms with Gasteiger partial charge in [0, 0.05) is 31.1 Å². The average molecular weight is 292 g/mol. The summed E-state index contributed by atoms with van der Waals surface area (Å²) in [7, 11) is -3.29. The Morgan fingerprint density at radius 3 is 2.70 bits per heavy atom. The van der Waals surface area contributed by atoms with Crippen molar-refractivity contribution in [3.8, 4) is 0 Å². The Morgan fingerprint density at radius 1 is 1.10 bits per heavy atom. The minimum absolute atomic E-state index is 0.420. The summed E-state index contributed by atoms with van der Waals surface area (Å²) in [5, 5.41) is 1.34. The van der Waals surface area contributed by atoms with E-state index in [4.69, 9.17) is 0 Å². The highest BCUT2D eigenvalue weighted by atomic mass is 32.2. The molecule has 2 fully saturated rings. The summed E-state index contributed by atoms with van der Waals surface area (Å²) in [5.41, 5.74) is 0.913. The fraction of sp³-hybridized carbons (Fsp3) is 0.467. The maximum absolute atomic E-state index is 12.4. The average Bonchev–Trinajstić information content (AvgIpc) is 2.94. The third-order valence-electron chi connectivity index (χ3n) is 4.14. The van der Waals surface area contributed by atoms with Gasteiger partial charge in [-0.05, 0) is 31.0 Å². The lowest BCUT2D eigenvalue weighted by molar-refractivity contribution is 0.159. The van der Waals surface area contributed by atoms with Crippen molar-refractivity contribution in [2.75, 3.05) is 26.2 Å². The Balaban J connectivity index is 1.70. The lowest BCUT2D eigenvalue weighted by atomic mass is 10.2. The third kappa shape index (κ3) is 2.95. The topological polar surface area (TPSA) is 40.6 Å². The molecule has 5 heteroatoms. The molecule has 1 atom stereocenters. The molecule has 3 rings (SSSR count). The minimum atomic E-state index is -3.29. The van der Waals surface area contributed by atoms with Crippen LogP contribution in [0, 0.1) is 0 Å².